The third-order valence-corrected chi connectivity index (χ3v) is 3.43. The summed E-state index contributed by atoms with van der Waals surface area (Å²) in [5, 5.41) is 12.0. The Balaban J connectivity index is 1.71. The van der Waals surface area contributed by atoms with E-state index in [1.807, 2.05) is 12.1 Å². The first-order chi connectivity index (χ1) is 9.79. The lowest BCUT2D eigenvalue weighted by Gasteiger charge is -2.10. The van der Waals surface area contributed by atoms with Crippen LogP contribution in [0.2, 0.25) is 0 Å². The Morgan fingerprint density at radius 1 is 1.25 bits per heavy atom. The molecular formula is C15H25N3O2. The third kappa shape index (κ3) is 5.25. The zero-order valence-corrected chi connectivity index (χ0v) is 12.0. The predicted octanol–water partition coefficient (Wildman–Crippen LogP) is 2.42. The van der Waals surface area contributed by atoms with E-state index in [2.05, 4.69) is 10.3 Å². The van der Waals surface area contributed by atoms with Crippen LogP contribution in [0, 0.1) is 5.92 Å². The molecule has 1 heterocycles. The number of aliphatic hydroxyl groups is 1. The number of pyridine rings is 1. The van der Waals surface area contributed by atoms with Crippen LogP contribution >= 0.6 is 0 Å². The molecule has 0 aliphatic heterocycles. The van der Waals surface area contributed by atoms with Crippen molar-refractivity contribution in [3.63, 3.8) is 0 Å². The number of unbranched alkanes of at least 4 members (excludes halogenated alkanes) is 3. The van der Waals surface area contributed by atoms with Crippen LogP contribution in [0.15, 0.2) is 12.1 Å². The number of hydrogen-bond donors (Lipinski definition) is 3. The summed E-state index contributed by atoms with van der Waals surface area (Å²) < 4.78 is 5.66. The zero-order chi connectivity index (χ0) is 14.2. The molecule has 5 heteroatoms. The molecule has 1 aliphatic rings. The van der Waals surface area contributed by atoms with Crippen LogP contribution in [0.25, 0.3) is 0 Å². The van der Waals surface area contributed by atoms with E-state index in [0.717, 1.165) is 44.7 Å². The Morgan fingerprint density at radius 3 is 2.80 bits per heavy atom. The molecule has 0 bridgehead atoms. The zero-order valence-electron chi connectivity index (χ0n) is 12.0. The van der Waals surface area contributed by atoms with Gasteiger partial charge in [-0.1, -0.05) is 12.8 Å². The Bertz CT molecular complexity index is 408. The van der Waals surface area contributed by atoms with E-state index in [4.69, 9.17) is 15.6 Å². The first-order valence-corrected chi connectivity index (χ1v) is 7.53. The molecule has 1 aromatic heterocycles. The van der Waals surface area contributed by atoms with Crippen LogP contribution in [-0.2, 0) is 0 Å². The molecule has 112 valence electrons. The summed E-state index contributed by atoms with van der Waals surface area (Å²) >= 11 is 0. The summed E-state index contributed by atoms with van der Waals surface area (Å²) in [4.78, 5) is 4.41. The molecule has 0 spiro atoms. The number of aromatic nitrogens is 1. The van der Waals surface area contributed by atoms with Crippen LogP contribution in [0.4, 0.5) is 11.5 Å². The fourth-order valence-electron chi connectivity index (χ4n) is 1.95. The smallest absolute Gasteiger partial charge is 0.239 e. The van der Waals surface area contributed by atoms with Crippen LogP contribution in [0.3, 0.4) is 0 Å². The van der Waals surface area contributed by atoms with Crippen molar-refractivity contribution in [1.82, 2.24) is 4.98 Å². The van der Waals surface area contributed by atoms with Gasteiger partial charge in [-0.3, -0.25) is 0 Å². The van der Waals surface area contributed by atoms with Crippen LogP contribution in [-0.4, -0.2) is 29.8 Å². The number of nitrogens with one attached hydrogen (secondary N) is 1. The molecule has 0 saturated heterocycles. The van der Waals surface area contributed by atoms with Gasteiger partial charge in [0.05, 0.1) is 12.3 Å². The van der Waals surface area contributed by atoms with Crippen LogP contribution < -0.4 is 15.8 Å². The molecule has 20 heavy (non-hydrogen) atoms. The highest BCUT2D eigenvalue weighted by atomic mass is 16.5. The first kappa shape index (κ1) is 14.9. The van der Waals surface area contributed by atoms with Gasteiger partial charge >= 0.3 is 0 Å². The van der Waals surface area contributed by atoms with E-state index in [1.54, 1.807) is 0 Å². The van der Waals surface area contributed by atoms with Gasteiger partial charge in [-0.05, 0) is 43.7 Å². The number of nitrogen functional groups attached to an aromatic ring is 1. The monoisotopic (exact) mass is 279 g/mol. The number of ether oxygens (including phenoxy) is 1. The van der Waals surface area contributed by atoms with Gasteiger partial charge in [-0.25, -0.2) is 0 Å². The summed E-state index contributed by atoms with van der Waals surface area (Å²) in [7, 11) is 0. The Labute approximate surface area is 120 Å². The molecule has 5 nitrogen and oxygen atoms in total. The predicted molar refractivity (Wildman–Crippen MR) is 80.9 cm³/mol. The molecule has 0 radical (unpaired) electrons. The number of hydrogen-bond acceptors (Lipinski definition) is 5. The SMILES string of the molecule is Nc1ccc(NCCCCCCO)nc1OCC1CC1. The Morgan fingerprint density at radius 2 is 2.05 bits per heavy atom. The Hall–Kier alpha value is -1.49. The van der Waals surface area contributed by atoms with Gasteiger partial charge in [0.2, 0.25) is 5.88 Å². The second-order valence-corrected chi connectivity index (χ2v) is 5.41. The summed E-state index contributed by atoms with van der Waals surface area (Å²) in [6.45, 7) is 1.89. The Kier molecular flexibility index (Phi) is 5.92. The number of aliphatic hydroxyl groups excluding tert-OH is 1. The van der Waals surface area contributed by atoms with Gasteiger partial charge in [0, 0.05) is 13.2 Å². The van der Waals surface area contributed by atoms with Crippen LogP contribution in [0.5, 0.6) is 5.88 Å². The topological polar surface area (TPSA) is 80.4 Å². The molecule has 1 saturated carbocycles. The quantitative estimate of drug-likeness (QED) is 0.573. The minimum Gasteiger partial charge on any atom is -0.476 e. The average Bonchev–Trinajstić information content (AvgIpc) is 3.27. The normalized spacial score (nSPS) is 14.2. The molecule has 4 N–H and O–H groups in total. The van der Waals surface area contributed by atoms with Gasteiger partial charge < -0.3 is 20.9 Å². The van der Waals surface area contributed by atoms with E-state index < -0.39 is 0 Å². The molecule has 0 aromatic carbocycles. The largest absolute Gasteiger partial charge is 0.476 e. The number of nitrogens with two attached hydrogens (primary N) is 1. The second kappa shape index (κ2) is 7.94. The van der Waals surface area contributed by atoms with Crippen molar-refractivity contribution in [1.29, 1.82) is 0 Å². The van der Waals surface area contributed by atoms with Gasteiger partial charge in [0.25, 0.3) is 0 Å². The highest BCUT2D eigenvalue weighted by Crippen LogP contribution is 2.30. The minimum absolute atomic E-state index is 0.286. The lowest BCUT2D eigenvalue weighted by Crippen LogP contribution is -2.07. The maximum atomic E-state index is 8.70. The van der Waals surface area contributed by atoms with E-state index >= 15 is 0 Å². The second-order valence-electron chi connectivity index (χ2n) is 5.41. The third-order valence-electron chi connectivity index (χ3n) is 3.43. The van der Waals surface area contributed by atoms with E-state index in [1.165, 1.54) is 12.8 Å². The molecule has 1 fully saturated rings. The fourth-order valence-corrected chi connectivity index (χ4v) is 1.95. The van der Waals surface area contributed by atoms with E-state index in [-0.39, 0.29) is 6.61 Å². The van der Waals surface area contributed by atoms with Gasteiger partial charge in [-0.2, -0.15) is 4.98 Å². The number of anilines is 2. The van der Waals surface area contributed by atoms with Crippen molar-refractivity contribution in [2.24, 2.45) is 5.92 Å². The first-order valence-electron chi connectivity index (χ1n) is 7.53. The molecule has 2 rings (SSSR count). The van der Waals surface area contributed by atoms with Gasteiger partial charge in [-0.15, -0.1) is 0 Å². The van der Waals surface area contributed by atoms with E-state index in [0.29, 0.717) is 17.5 Å². The van der Waals surface area contributed by atoms with Crippen molar-refractivity contribution in [3.8, 4) is 5.88 Å². The minimum atomic E-state index is 0.286. The lowest BCUT2D eigenvalue weighted by molar-refractivity contribution is 0.283. The van der Waals surface area contributed by atoms with Crippen LogP contribution in [0.1, 0.15) is 38.5 Å². The maximum absolute atomic E-state index is 8.70. The highest BCUT2D eigenvalue weighted by molar-refractivity contribution is 5.53. The molecule has 0 atom stereocenters. The van der Waals surface area contributed by atoms with Gasteiger partial charge in [0.15, 0.2) is 0 Å². The average molecular weight is 279 g/mol. The molecule has 1 aliphatic carbocycles. The number of nitrogens with zero attached hydrogens (tertiary/aromatic N) is 1. The van der Waals surface area contributed by atoms with Crippen molar-refractivity contribution < 1.29 is 9.84 Å². The van der Waals surface area contributed by atoms with E-state index in [9.17, 15) is 0 Å². The number of rotatable bonds is 10. The van der Waals surface area contributed by atoms with Crippen molar-refractivity contribution >= 4 is 11.5 Å². The van der Waals surface area contributed by atoms with Gasteiger partial charge in [0.1, 0.15) is 5.82 Å². The highest BCUT2D eigenvalue weighted by Gasteiger charge is 2.22. The molecule has 0 amide bonds. The van der Waals surface area contributed by atoms with Crippen molar-refractivity contribution in [2.45, 2.75) is 38.5 Å². The van der Waals surface area contributed by atoms with Crippen molar-refractivity contribution in [2.75, 3.05) is 30.8 Å². The molecule has 0 unspecified atom stereocenters. The summed E-state index contributed by atoms with van der Waals surface area (Å²) in [6.07, 6.45) is 6.66. The standard InChI is InChI=1S/C15H25N3O2/c16-13-7-8-14(17-9-3-1-2-4-10-19)18-15(13)20-11-12-5-6-12/h7-8,12,19H,1-6,9-11,16H2,(H,17,18). The fraction of sp³-hybridized carbons (Fsp3) is 0.667. The van der Waals surface area contributed by atoms with Crippen molar-refractivity contribution in [3.05, 3.63) is 12.1 Å². The summed E-state index contributed by atoms with van der Waals surface area (Å²) in [5.41, 5.74) is 6.46. The maximum Gasteiger partial charge on any atom is 0.239 e. The summed E-state index contributed by atoms with van der Waals surface area (Å²) in [5.74, 6) is 2.05. The lowest BCUT2D eigenvalue weighted by atomic mass is 10.2. The summed E-state index contributed by atoms with van der Waals surface area (Å²) in [6, 6.07) is 3.72. The molecular weight excluding hydrogens is 254 g/mol. The molecule has 1 aromatic rings.